The predicted octanol–water partition coefficient (Wildman–Crippen LogP) is 6.93. The summed E-state index contributed by atoms with van der Waals surface area (Å²) in [6.07, 6.45) is 0.786. The summed E-state index contributed by atoms with van der Waals surface area (Å²) in [5.41, 5.74) is 3.04. The quantitative estimate of drug-likeness (QED) is 0.172. The van der Waals surface area contributed by atoms with Crippen LogP contribution in [0.5, 0.6) is 17.2 Å². The second kappa shape index (κ2) is 11.5. The minimum absolute atomic E-state index is 0.00249. The first kappa shape index (κ1) is 30.0. The molecule has 4 rings (SSSR count). The lowest BCUT2D eigenvalue weighted by molar-refractivity contribution is 0.102. The zero-order valence-corrected chi connectivity index (χ0v) is 24.8. The highest BCUT2D eigenvalue weighted by Gasteiger charge is 2.24. The molecule has 0 fully saturated rings. The standard InChI is InChI=1S/C32H32ClNO6S/c1-19-5-13-23(14-6-19)41(39,40)24-15-16-26(33)27(18-24)34-31(38)25-17-21(28(35)30(37)29(25)36)10-7-20-8-11-22(12-9-20)32(2,3)4/h5-6,8-9,11-18,35-37H,7,10H2,1-4H3,(H,34,38). The number of hydrogen-bond acceptors (Lipinski definition) is 6. The molecule has 4 N–H and O–H groups in total. The first-order valence-electron chi connectivity index (χ1n) is 13.0. The Kier molecular flexibility index (Phi) is 8.38. The number of anilines is 1. The van der Waals surface area contributed by atoms with E-state index < -0.39 is 33.0 Å². The van der Waals surface area contributed by atoms with Crippen LogP contribution in [0.15, 0.2) is 82.6 Å². The highest BCUT2D eigenvalue weighted by atomic mass is 35.5. The van der Waals surface area contributed by atoms with Gasteiger partial charge < -0.3 is 20.6 Å². The first-order valence-corrected chi connectivity index (χ1v) is 14.8. The molecule has 0 spiro atoms. The molecule has 41 heavy (non-hydrogen) atoms. The normalized spacial score (nSPS) is 11.8. The average molecular weight is 594 g/mol. The fraction of sp³-hybridized carbons (Fsp3) is 0.219. The van der Waals surface area contributed by atoms with Gasteiger partial charge in [0.05, 0.1) is 26.1 Å². The van der Waals surface area contributed by atoms with E-state index in [2.05, 4.69) is 26.1 Å². The van der Waals surface area contributed by atoms with E-state index in [0.29, 0.717) is 6.42 Å². The molecule has 0 aromatic heterocycles. The van der Waals surface area contributed by atoms with Gasteiger partial charge in [-0.3, -0.25) is 4.79 Å². The van der Waals surface area contributed by atoms with Crippen molar-refractivity contribution in [1.29, 1.82) is 0 Å². The summed E-state index contributed by atoms with van der Waals surface area (Å²) in [6, 6.07) is 19.6. The van der Waals surface area contributed by atoms with Gasteiger partial charge in [-0.15, -0.1) is 0 Å². The Bertz CT molecular complexity index is 1710. The number of sulfone groups is 1. The maximum absolute atomic E-state index is 13.2. The van der Waals surface area contributed by atoms with E-state index in [0.717, 1.165) is 11.1 Å². The van der Waals surface area contributed by atoms with E-state index in [-0.39, 0.29) is 43.5 Å². The molecule has 7 nitrogen and oxygen atoms in total. The topological polar surface area (TPSA) is 124 Å². The number of carbonyl (C=O) groups is 1. The summed E-state index contributed by atoms with van der Waals surface area (Å²) in [4.78, 5) is 13.2. The van der Waals surface area contributed by atoms with Crippen molar-refractivity contribution in [2.45, 2.75) is 55.7 Å². The molecule has 1 amide bonds. The molecule has 4 aromatic rings. The molecule has 0 aliphatic carbocycles. The van der Waals surface area contributed by atoms with Crippen LogP contribution in [0, 0.1) is 6.92 Å². The second-order valence-electron chi connectivity index (χ2n) is 11.0. The van der Waals surface area contributed by atoms with Crippen LogP contribution in [-0.4, -0.2) is 29.6 Å². The van der Waals surface area contributed by atoms with Crippen molar-refractivity contribution >= 4 is 33.0 Å². The second-order valence-corrected chi connectivity index (χ2v) is 13.3. The van der Waals surface area contributed by atoms with Gasteiger partial charge in [-0.2, -0.15) is 0 Å². The average Bonchev–Trinajstić information content (AvgIpc) is 2.92. The number of aromatic hydroxyl groups is 3. The monoisotopic (exact) mass is 593 g/mol. The van der Waals surface area contributed by atoms with Crippen molar-refractivity contribution in [3.63, 3.8) is 0 Å². The summed E-state index contributed by atoms with van der Waals surface area (Å²) in [7, 11) is -3.90. The van der Waals surface area contributed by atoms with Crippen molar-refractivity contribution in [3.05, 3.63) is 106 Å². The van der Waals surface area contributed by atoms with Gasteiger partial charge in [0.25, 0.3) is 5.91 Å². The summed E-state index contributed by atoms with van der Waals surface area (Å²) in [6.45, 7) is 8.22. The fourth-order valence-electron chi connectivity index (χ4n) is 4.33. The third-order valence-electron chi connectivity index (χ3n) is 6.90. The van der Waals surface area contributed by atoms with E-state index in [1.807, 2.05) is 31.2 Å². The fourth-order valence-corrected chi connectivity index (χ4v) is 5.78. The number of rotatable bonds is 7. The molecule has 0 bridgehead atoms. The maximum atomic E-state index is 13.2. The Morgan fingerprint density at radius 3 is 2.02 bits per heavy atom. The number of halogens is 1. The third kappa shape index (κ3) is 6.50. The molecular weight excluding hydrogens is 562 g/mol. The SMILES string of the molecule is Cc1ccc(S(=O)(=O)c2ccc(Cl)c(NC(=O)c3cc(CCc4ccc(C(C)(C)C)cc4)c(O)c(O)c3O)c2)cc1. The smallest absolute Gasteiger partial charge is 0.259 e. The lowest BCUT2D eigenvalue weighted by Gasteiger charge is -2.19. The minimum Gasteiger partial charge on any atom is -0.504 e. The van der Waals surface area contributed by atoms with Crippen molar-refractivity contribution in [2.75, 3.05) is 5.32 Å². The van der Waals surface area contributed by atoms with Gasteiger partial charge in [-0.1, -0.05) is 74.3 Å². The molecule has 0 saturated heterocycles. The molecule has 9 heteroatoms. The van der Waals surface area contributed by atoms with E-state index in [1.54, 1.807) is 12.1 Å². The number of nitrogens with one attached hydrogen (secondary N) is 1. The van der Waals surface area contributed by atoms with Gasteiger partial charge in [0, 0.05) is 0 Å². The molecule has 0 saturated carbocycles. The van der Waals surface area contributed by atoms with Gasteiger partial charge in [0.2, 0.25) is 15.6 Å². The molecule has 0 unspecified atom stereocenters. The van der Waals surface area contributed by atoms with E-state index in [9.17, 15) is 28.5 Å². The molecule has 0 aliphatic rings. The maximum Gasteiger partial charge on any atom is 0.259 e. The third-order valence-corrected chi connectivity index (χ3v) is 9.00. The van der Waals surface area contributed by atoms with Crippen LogP contribution >= 0.6 is 11.6 Å². The van der Waals surface area contributed by atoms with Crippen LogP contribution in [0.25, 0.3) is 0 Å². The molecular formula is C32H32ClNO6S. The number of amides is 1. The lowest BCUT2D eigenvalue weighted by atomic mass is 9.86. The summed E-state index contributed by atoms with van der Waals surface area (Å²) < 4.78 is 26.3. The van der Waals surface area contributed by atoms with Crippen LogP contribution in [0.1, 0.15) is 53.4 Å². The number of phenols is 3. The number of carbonyl (C=O) groups excluding carboxylic acids is 1. The zero-order chi connectivity index (χ0) is 30.1. The Balaban J connectivity index is 1.59. The van der Waals surface area contributed by atoms with Crippen LogP contribution in [0.2, 0.25) is 5.02 Å². The van der Waals surface area contributed by atoms with Crippen molar-refractivity contribution < 1.29 is 28.5 Å². The predicted molar refractivity (Wildman–Crippen MR) is 160 cm³/mol. The van der Waals surface area contributed by atoms with E-state index in [4.69, 9.17) is 11.6 Å². The molecule has 0 atom stereocenters. The molecule has 0 radical (unpaired) electrons. The van der Waals surface area contributed by atoms with Crippen LogP contribution < -0.4 is 5.32 Å². The zero-order valence-electron chi connectivity index (χ0n) is 23.2. The summed E-state index contributed by atoms with van der Waals surface area (Å²) in [5, 5.41) is 33.9. The van der Waals surface area contributed by atoms with Crippen LogP contribution in [0.4, 0.5) is 5.69 Å². The molecule has 0 heterocycles. The number of aryl methyl sites for hydroxylation is 3. The largest absolute Gasteiger partial charge is 0.504 e. The van der Waals surface area contributed by atoms with Crippen LogP contribution in [0.3, 0.4) is 0 Å². The van der Waals surface area contributed by atoms with Gasteiger partial charge in [0.1, 0.15) is 0 Å². The number of benzene rings is 4. The lowest BCUT2D eigenvalue weighted by Crippen LogP contribution is -2.14. The van der Waals surface area contributed by atoms with Gasteiger partial charge >= 0.3 is 0 Å². The number of hydrogen-bond donors (Lipinski definition) is 4. The Morgan fingerprint density at radius 2 is 1.41 bits per heavy atom. The summed E-state index contributed by atoms with van der Waals surface area (Å²) >= 11 is 6.27. The van der Waals surface area contributed by atoms with Crippen molar-refractivity contribution in [1.82, 2.24) is 0 Å². The first-order chi connectivity index (χ1) is 19.2. The van der Waals surface area contributed by atoms with E-state index >= 15 is 0 Å². The van der Waals surface area contributed by atoms with Crippen molar-refractivity contribution in [2.24, 2.45) is 0 Å². The van der Waals surface area contributed by atoms with Crippen LogP contribution in [-0.2, 0) is 28.1 Å². The molecule has 0 aliphatic heterocycles. The molecule has 4 aromatic carbocycles. The van der Waals surface area contributed by atoms with Crippen molar-refractivity contribution in [3.8, 4) is 17.2 Å². The Morgan fingerprint density at radius 1 is 0.805 bits per heavy atom. The highest BCUT2D eigenvalue weighted by Crippen LogP contribution is 2.41. The molecule has 214 valence electrons. The van der Waals surface area contributed by atoms with E-state index in [1.165, 1.54) is 42.0 Å². The minimum atomic E-state index is -3.90. The highest BCUT2D eigenvalue weighted by molar-refractivity contribution is 7.91. The van der Waals surface area contributed by atoms with Gasteiger partial charge in [-0.05, 0) is 78.3 Å². The Labute approximate surface area is 245 Å². The summed E-state index contributed by atoms with van der Waals surface area (Å²) in [5.74, 6) is -3.00. The van der Waals surface area contributed by atoms with Gasteiger partial charge in [-0.25, -0.2) is 8.42 Å². The number of phenolic OH excluding ortho intramolecular Hbond substituents is 3. The van der Waals surface area contributed by atoms with Gasteiger partial charge in [0.15, 0.2) is 11.5 Å². The Hall–Kier alpha value is -4.01.